The second kappa shape index (κ2) is 47.2. The van der Waals surface area contributed by atoms with Crippen molar-refractivity contribution in [1.82, 2.24) is 0 Å². The highest BCUT2D eigenvalue weighted by molar-refractivity contribution is 5.74. The molecule has 0 bridgehead atoms. The molecule has 1 rings (SSSR count). The molecule has 0 aromatic heterocycles. The Balaban J connectivity index is 2.67. The molecule has 1 fully saturated rings. The maximum Gasteiger partial charge on any atom is 0.335 e. The van der Waals surface area contributed by atoms with Crippen LogP contribution in [0.25, 0.3) is 0 Å². The van der Waals surface area contributed by atoms with E-state index in [2.05, 4.69) is 93.7 Å². The average molecular weight is 999 g/mol. The zero-order chi connectivity index (χ0) is 51.8. The third kappa shape index (κ3) is 37.6. The zero-order valence-electron chi connectivity index (χ0n) is 44.4. The molecule has 406 valence electrons. The minimum absolute atomic E-state index is 0.0417. The molecule has 0 aromatic rings. The number of carbonyl (C=O) groups is 4. The number of carbonyl (C=O) groups excluding carboxylic acids is 3. The highest BCUT2D eigenvalue weighted by Gasteiger charge is 2.50. The van der Waals surface area contributed by atoms with Crippen LogP contribution in [0.4, 0.5) is 0 Å². The van der Waals surface area contributed by atoms with Gasteiger partial charge in [-0.2, -0.15) is 0 Å². The first-order valence-electron chi connectivity index (χ1n) is 27.9. The van der Waals surface area contributed by atoms with E-state index >= 15 is 0 Å². The molecule has 6 unspecified atom stereocenters. The first-order valence-corrected chi connectivity index (χ1v) is 27.9. The van der Waals surface area contributed by atoms with Gasteiger partial charge in [0.25, 0.3) is 0 Å². The van der Waals surface area contributed by atoms with Gasteiger partial charge in [-0.3, -0.25) is 14.4 Å². The topological polar surface area (TPSA) is 175 Å². The van der Waals surface area contributed by atoms with Gasteiger partial charge in [-0.05, 0) is 83.5 Å². The number of esters is 3. The first kappa shape index (κ1) is 65.2. The number of carboxylic acids is 1. The summed E-state index contributed by atoms with van der Waals surface area (Å²) in [6.45, 7) is 5.76. The molecule has 1 saturated heterocycles. The Hall–Kier alpha value is -3.84. The lowest BCUT2D eigenvalue weighted by Gasteiger charge is -2.40. The van der Waals surface area contributed by atoms with Crippen LogP contribution in [-0.4, -0.2) is 89.2 Å². The van der Waals surface area contributed by atoms with Gasteiger partial charge in [-0.15, -0.1) is 0 Å². The number of unbranched alkanes of at least 4 members (excludes halogenated alkanes) is 20. The quantitative estimate of drug-likeness (QED) is 0.0228. The van der Waals surface area contributed by atoms with E-state index in [9.17, 15) is 34.5 Å². The molecule has 0 radical (unpaired) electrons. The van der Waals surface area contributed by atoms with Crippen LogP contribution in [0.3, 0.4) is 0 Å². The van der Waals surface area contributed by atoms with Crippen LogP contribution >= 0.6 is 0 Å². The van der Waals surface area contributed by atoms with Crippen molar-refractivity contribution in [3.8, 4) is 0 Å². The number of aliphatic hydroxyl groups is 2. The van der Waals surface area contributed by atoms with E-state index in [-0.39, 0.29) is 25.9 Å². The second-order valence-electron chi connectivity index (χ2n) is 18.8. The fourth-order valence-electron chi connectivity index (χ4n) is 7.98. The Morgan fingerprint density at radius 3 is 1.41 bits per heavy atom. The number of aliphatic carboxylic acids is 1. The minimum atomic E-state index is -1.91. The zero-order valence-corrected chi connectivity index (χ0v) is 44.4. The summed E-state index contributed by atoms with van der Waals surface area (Å²) in [4.78, 5) is 50.9. The lowest BCUT2D eigenvalue weighted by Crippen LogP contribution is -2.61. The Morgan fingerprint density at radius 2 is 0.915 bits per heavy atom. The largest absolute Gasteiger partial charge is 0.479 e. The molecule has 71 heavy (non-hydrogen) atoms. The van der Waals surface area contributed by atoms with E-state index in [1.54, 1.807) is 0 Å². The van der Waals surface area contributed by atoms with E-state index in [1.165, 1.54) is 32.1 Å². The van der Waals surface area contributed by atoms with E-state index in [0.717, 1.165) is 135 Å². The molecule has 0 spiro atoms. The van der Waals surface area contributed by atoms with E-state index in [4.69, 9.17) is 23.7 Å². The normalized spacial score (nSPS) is 19.0. The van der Waals surface area contributed by atoms with Crippen LogP contribution in [0, 0.1) is 0 Å². The van der Waals surface area contributed by atoms with Crippen molar-refractivity contribution in [1.29, 1.82) is 0 Å². The van der Waals surface area contributed by atoms with Crippen molar-refractivity contribution < 1.29 is 58.2 Å². The number of rotatable bonds is 46. The van der Waals surface area contributed by atoms with E-state index in [1.807, 2.05) is 0 Å². The minimum Gasteiger partial charge on any atom is -0.479 e. The molecular weight excluding hydrogens is 901 g/mol. The number of allylic oxidation sites excluding steroid dienone is 12. The van der Waals surface area contributed by atoms with Crippen molar-refractivity contribution in [3.05, 3.63) is 72.9 Å². The van der Waals surface area contributed by atoms with Crippen molar-refractivity contribution in [2.45, 2.75) is 263 Å². The summed E-state index contributed by atoms with van der Waals surface area (Å²) in [5.41, 5.74) is 0. The first-order chi connectivity index (χ1) is 34.6. The number of hydrogen-bond acceptors (Lipinski definition) is 11. The number of ether oxygens (including phenoxy) is 5. The number of hydrogen-bond donors (Lipinski definition) is 3. The lowest BCUT2D eigenvalue weighted by atomic mass is 9.98. The van der Waals surface area contributed by atoms with Crippen LogP contribution < -0.4 is 0 Å². The summed E-state index contributed by atoms with van der Waals surface area (Å²) in [5, 5.41) is 31.4. The van der Waals surface area contributed by atoms with Crippen LogP contribution in [0.1, 0.15) is 226 Å². The summed E-state index contributed by atoms with van der Waals surface area (Å²) in [7, 11) is 0. The highest BCUT2D eigenvalue weighted by Crippen LogP contribution is 2.26. The van der Waals surface area contributed by atoms with Crippen molar-refractivity contribution in [2.75, 3.05) is 13.2 Å². The smallest absolute Gasteiger partial charge is 0.335 e. The van der Waals surface area contributed by atoms with E-state index in [0.29, 0.717) is 19.3 Å². The van der Waals surface area contributed by atoms with Crippen LogP contribution in [0.5, 0.6) is 0 Å². The maximum absolute atomic E-state index is 13.0. The molecule has 0 saturated carbocycles. The molecule has 1 aliphatic rings. The molecule has 0 aromatic carbocycles. The van der Waals surface area contributed by atoms with Gasteiger partial charge in [0, 0.05) is 19.3 Å². The Morgan fingerprint density at radius 1 is 0.479 bits per heavy atom. The summed E-state index contributed by atoms with van der Waals surface area (Å²) in [5.74, 6) is -3.16. The molecule has 3 N–H and O–H groups in total. The lowest BCUT2D eigenvalue weighted by molar-refractivity contribution is -0.301. The van der Waals surface area contributed by atoms with E-state index < -0.39 is 67.3 Å². The van der Waals surface area contributed by atoms with Crippen molar-refractivity contribution >= 4 is 23.9 Å². The molecule has 12 heteroatoms. The number of aliphatic hydroxyl groups excluding tert-OH is 2. The summed E-state index contributed by atoms with van der Waals surface area (Å²) in [6, 6.07) is 0. The SMILES string of the molecule is CC/C=C\C/C=C\C/C=C\C/C=C\CCCCCCCCC(=O)OC1C(OCC(COC(=O)CCCCCCC/C=C\C/C=C\CCC)OC(=O)CCCCCCCCCCC)OC(C(=O)O)C(O)C1O. The highest BCUT2D eigenvalue weighted by atomic mass is 16.7. The Bertz CT molecular complexity index is 1510. The van der Waals surface area contributed by atoms with Gasteiger partial charge in [0.2, 0.25) is 0 Å². The molecule has 1 aliphatic heterocycles. The Kier molecular flexibility index (Phi) is 43.3. The van der Waals surface area contributed by atoms with Gasteiger partial charge >= 0.3 is 23.9 Å². The van der Waals surface area contributed by atoms with Crippen LogP contribution in [0.15, 0.2) is 72.9 Å². The maximum atomic E-state index is 13.0. The predicted molar refractivity (Wildman–Crippen MR) is 285 cm³/mol. The summed E-state index contributed by atoms with van der Waals surface area (Å²) < 4.78 is 28.3. The van der Waals surface area contributed by atoms with Gasteiger partial charge in [0.1, 0.15) is 18.8 Å². The monoisotopic (exact) mass is 999 g/mol. The van der Waals surface area contributed by atoms with Gasteiger partial charge < -0.3 is 39.0 Å². The average Bonchev–Trinajstić information content (AvgIpc) is 3.35. The fourth-order valence-corrected chi connectivity index (χ4v) is 7.98. The molecule has 1 heterocycles. The van der Waals surface area contributed by atoms with Gasteiger partial charge in [0.15, 0.2) is 24.6 Å². The standard InChI is InChI=1S/C59H98O12/c1-4-7-10-13-16-19-21-23-24-25-26-27-28-30-32-35-38-41-44-47-53(62)70-57-55(64)54(63)56(58(65)66)71-59(57)68-49-50(69-52(61)46-43-40-37-33-18-15-12-9-6-3)48-67-51(60)45-42-39-36-34-31-29-22-20-17-14-11-8-5-2/h7,10-11,14,16,19-20,22-24,26-27,50,54-57,59,63-64H,4-6,8-9,12-13,15,17-18,21,25,28-49H2,1-3H3,(H,65,66)/b10-7-,14-11-,19-16-,22-20-,24-23-,27-26-. The third-order valence-corrected chi connectivity index (χ3v) is 12.2. The molecule has 0 amide bonds. The third-order valence-electron chi connectivity index (χ3n) is 12.2. The van der Waals surface area contributed by atoms with Crippen molar-refractivity contribution in [3.63, 3.8) is 0 Å². The Labute approximate surface area is 429 Å². The van der Waals surface area contributed by atoms with Crippen molar-refractivity contribution in [2.24, 2.45) is 0 Å². The molecular formula is C59H98O12. The van der Waals surface area contributed by atoms with Crippen LogP contribution in [0.2, 0.25) is 0 Å². The molecule has 12 nitrogen and oxygen atoms in total. The number of carboxylic acid groups (broad SMARTS) is 1. The van der Waals surface area contributed by atoms with Gasteiger partial charge in [-0.25, -0.2) is 4.79 Å². The second-order valence-corrected chi connectivity index (χ2v) is 18.8. The van der Waals surface area contributed by atoms with Crippen LogP contribution in [-0.2, 0) is 42.9 Å². The molecule has 0 aliphatic carbocycles. The molecule has 6 atom stereocenters. The summed E-state index contributed by atoms with van der Waals surface area (Å²) >= 11 is 0. The predicted octanol–water partition coefficient (Wildman–Crippen LogP) is 13.8. The fraction of sp³-hybridized carbons (Fsp3) is 0.729. The summed E-state index contributed by atoms with van der Waals surface area (Å²) in [6.07, 6.45) is 46.0. The van der Waals surface area contributed by atoms with Gasteiger partial charge in [-0.1, -0.05) is 196 Å². The van der Waals surface area contributed by atoms with Gasteiger partial charge in [0.05, 0.1) is 6.61 Å².